The molecule has 2 heterocycles. The van der Waals surface area contributed by atoms with Gasteiger partial charge in [0.2, 0.25) is 17.7 Å². The molecule has 4 aromatic rings. The number of nitrogens with zero attached hydrogens (tertiary/aromatic N) is 3. The van der Waals surface area contributed by atoms with E-state index in [-0.39, 0.29) is 24.1 Å². The molecular weight excluding hydrogens is 573 g/mol. The van der Waals surface area contributed by atoms with Crippen molar-refractivity contribution in [3.63, 3.8) is 0 Å². The largest absolute Gasteiger partial charge is 0.485 e. The highest BCUT2D eigenvalue weighted by molar-refractivity contribution is 6.38. The quantitative estimate of drug-likeness (QED) is 0.276. The zero-order chi connectivity index (χ0) is 29.7. The maximum Gasteiger partial charge on any atom is 0.419 e. The summed E-state index contributed by atoms with van der Waals surface area (Å²) in [5.74, 6) is -0.958. The van der Waals surface area contributed by atoms with E-state index < -0.39 is 17.6 Å². The second kappa shape index (κ2) is 12.7. The molecule has 13 heteroatoms. The Morgan fingerprint density at radius 1 is 1.15 bits per heavy atom. The number of halogens is 2. The summed E-state index contributed by atoms with van der Waals surface area (Å²) in [6.07, 6.45) is 4.29. The van der Waals surface area contributed by atoms with E-state index in [4.69, 9.17) is 32.4 Å². The molecule has 0 spiro atoms. The molecule has 0 bridgehead atoms. The van der Waals surface area contributed by atoms with Crippen molar-refractivity contribution in [1.82, 2.24) is 14.9 Å². The van der Waals surface area contributed by atoms with Crippen LogP contribution in [0, 0.1) is 0 Å². The third-order valence-electron chi connectivity index (χ3n) is 5.99. The Morgan fingerprint density at radius 2 is 1.93 bits per heavy atom. The summed E-state index contributed by atoms with van der Waals surface area (Å²) in [5, 5.41) is 5.59. The fraction of sp³-hybridized carbons (Fsp3) is 0.179. The zero-order valence-corrected chi connectivity index (χ0v) is 23.7. The zero-order valence-electron chi connectivity index (χ0n) is 22.2. The standard InChI is InChI=1S/C28H25Cl2N5O6/c1-16(36)33-23-11-7-17(13-31-23)8-12-24(37)32-14-25(38)34(2)20-10-9-19(29)18(26(20)30)15-40-22-6-4-5-21-27(22)41-28(39)35(21)3/h4-13H,14-15H2,1-3H3,(H,32,37)(H,31,33,36). The van der Waals surface area contributed by atoms with Gasteiger partial charge in [0.05, 0.1) is 22.8 Å². The summed E-state index contributed by atoms with van der Waals surface area (Å²) in [5.41, 5.74) is 2.27. The topological polar surface area (TPSA) is 136 Å². The molecule has 0 atom stereocenters. The minimum absolute atomic E-state index is 0.0621. The lowest BCUT2D eigenvalue weighted by Crippen LogP contribution is -2.37. The molecule has 3 amide bonds. The minimum atomic E-state index is -0.522. The van der Waals surface area contributed by atoms with E-state index in [2.05, 4.69) is 15.6 Å². The average molecular weight is 598 g/mol. The third kappa shape index (κ3) is 6.94. The van der Waals surface area contributed by atoms with Gasteiger partial charge in [0.25, 0.3) is 0 Å². The van der Waals surface area contributed by atoms with E-state index >= 15 is 0 Å². The maximum atomic E-state index is 12.8. The predicted octanol–water partition coefficient (Wildman–Crippen LogP) is 4.16. The van der Waals surface area contributed by atoms with Gasteiger partial charge in [-0.05, 0) is 48.0 Å². The number of aryl methyl sites for hydroxylation is 1. The number of oxazole rings is 1. The van der Waals surface area contributed by atoms with Crippen LogP contribution in [0.25, 0.3) is 17.2 Å². The summed E-state index contributed by atoms with van der Waals surface area (Å²) < 4.78 is 12.5. The average Bonchev–Trinajstić information content (AvgIpc) is 3.24. The molecule has 0 fully saturated rings. The van der Waals surface area contributed by atoms with Gasteiger partial charge in [-0.15, -0.1) is 0 Å². The Bertz CT molecular complexity index is 1710. The molecule has 0 aliphatic heterocycles. The molecule has 2 aromatic heterocycles. The number of likely N-dealkylation sites (N-methyl/N-ethyl adjacent to an activating group) is 1. The highest BCUT2D eigenvalue weighted by Crippen LogP contribution is 2.35. The van der Waals surface area contributed by atoms with Gasteiger partial charge in [-0.2, -0.15) is 0 Å². The second-order valence-corrected chi connectivity index (χ2v) is 9.63. The molecule has 11 nitrogen and oxygen atoms in total. The van der Waals surface area contributed by atoms with Crippen LogP contribution in [0.4, 0.5) is 11.5 Å². The number of ether oxygens (including phenoxy) is 1. The molecule has 2 aromatic carbocycles. The third-order valence-corrected chi connectivity index (χ3v) is 6.76. The molecule has 0 aliphatic rings. The van der Waals surface area contributed by atoms with Gasteiger partial charge in [0.1, 0.15) is 12.4 Å². The van der Waals surface area contributed by atoms with Crippen LogP contribution in [0.5, 0.6) is 5.75 Å². The van der Waals surface area contributed by atoms with E-state index in [0.717, 1.165) is 0 Å². The first-order valence-electron chi connectivity index (χ1n) is 12.2. The van der Waals surface area contributed by atoms with E-state index in [1.165, 1.54) is 41.8 Å². The predicted molar refractivity (Wildman–Crippen MR) is 156 cm³/mol. The van der Waals surface area contributed by atoms with Crippen molar-refractivity contribution in [2.24, 2.45) is 7.05 Å². The van der Waals surface area contributed by atoms with Gasteiger partial charge in [0, 0.05) is 43.9 Å². The number of fused-ring (bicyclic) bond motifs is 1. The molecule has 0 saturated heterocycles. The van der Waals surface area contributed by atoms with E-state index in [0.29, 0.717) is 44.5 Å². The first-order valence-corrected chi connectivity index (χ1v) is 12.9. The van der Waals surface area contributed by atoms with Crippen LogP contribution in [0.3, 0.4) is 0 Å². The Labute approximate surface area is 244 Å². The molecule has 0 unspecified atom stereocenters. The van der Waals surface area contributed by atoms with Crippen LogP contribution < -0.4 is 26.0 Å². The summed E-state index contributed by atoms with van der Waals surface area (Å²) in [4.78, 5) is 53.5. The number of pyridine rings is 1. The lowest BCUT2D eigenvalue weighted by Gasteiger charge is -2.21. The number of aromatic nitrogens is 2. The van der Waals surface area contributed by atoms with E-state index in [9.17, 15) is 19.2 Å². The van der Waals surface area contributed by atoms with Crippen LogP contribution >= 0.6 is 23.2 Å². The van der Waals surface area contributed by atoms with Crippen LogP contribution in [-0.4, -0.2) is 40.9 Å². The van der Waals surface area contributed by atoms with Crippen LogP contribution in [0.1, 0.15) is 18.1 Å². The molecular formula is C28H25Cl2N5O6. The van der Waals surface area contributed by atoms with Gasteiger partial charge >= 0.3 is 5.76 Å². The minimum Gasteiger partial charge on any atom is -0.485 e. The normalized spacial score (nSPS) is 11.0. The van der Waals surface area contributed by atoms with E-state index in [1.54, 1.807) is 49.5 Å². The Balaban J connectivity index is 1.38. The number of rotatable bonds is 9. The highest BCUT2D eigenvalue weighted by atomic mass is 35.5. The maximum absolute atomic E-state index is 12.8. The molecule has 4 rings (SSSR count). The number of benzene rings is 2. The first kappa shape index (κ1) is 29.4. The number of carbonyl (C=O) groups is 3. The SMILES string of the molecule is CC(=O)Nc1ccc(C=CC(=O)NCC(=O)N(C)c2ccc(Cl)c(COc3cccc4c3oc(=O)n4C)c2Cl)cn1. The van der Waals surface area contributed by atoms with Gasteiger partial charge < -0.3 is 24.7 Å². The van der Waals surface area contributed by atoms with E-state index in [1.807, 2.05) is 0 Å². The number of para-hydroxylation sites is 1. The monoisotopic (exact) mass is 597 g/mol. The van der Waals surface area contributed by atoms with Crippen LogP contribution in [-0.2, 0) is 28.0 Å². The lowest BCUT2D eigenvalue weighted by molar-refractivity contribution is -0.122. The van der Waals surface area contributed by atoms with Crippen molar-refractivity contribution in [2.75, 3.05) is 23.8 Å². The number of hydrogen-bond donors (Lipinski definition) is 2. The summed E-state index contributed by atoms with van der Waals surface area (Å²) in [6.45, 7) is 1.02. The van der Waals surface area contributed by atoms with Crippen molar-refractivity contribution in [3.8, 4) is 5.75 Å². The second-order valence-electron chi connectivity index (χ2n) is 8.84. The fourth-order valence-corrected chi connectivity index (χ4v) is 4.38. The van der Waals surface area contributed by atoms with Crippen LogP contribution in [0.15, 0.2) is 63.9 Å². The lowest BCUT2D eigenvalue weighted by atomic mass is 10.2. The van der Waals surface area contributed by atoms with Gasteiger partial charge in [0.15, 0.2) is 11.3 Å². The van der Waals surface area contributed by atoms with Gasteiger partial charge in [-0.25, -0.2) is 9.78 Å². The Hall–Kier alpha value is -4.61. The smallest absolute Gasteiger partial charge is 0.419 e. The number of hydrogen-bond acceptors (Lipinski definition) is 7. The molecule has 0 saturated carbocycles. The van der Waals surface area contributed by atoms with Crippen LogP contribution in [0.2, 0.25) is 10.0 Å². The number of anilines is 2. The molecule has 212 valence electrons. The van der Waals surface area contributed by atoms with Crippen molar-refractivity contribution in [2.45, 2.75) is 13.5 Å². The Morgan fingerprint density at radius 3 is 2.63 bits per heavy atom. The molecule has 0 radical (unpaired) electrons. The summed E-state index contributed by atoms with van der Waals surface area (Å²) in [7, 11) is 3.11. The number of nitrogens with one attached hydrogen (secondary N) is 2. The number of amides is 3. The Kier molecular flexibility index (Phi) is 9.10. The van der Waals surface area contributed by atoms with Crippen molar-refractivity contribution >= 4 is 69.6 Å². The van der Waals surface area contributed by atoms with Gasteiger partial charge in [-0.3, -0.25) is 19.0 Å². The fourth-order valence-electron chi connectivity index (χ4n) is 3.77. The summed E-state index contributed by atoms with van der Waals surface area (Å²) in [6, 6.07) is 11.6. The van der Waals surface area contributed by atoms with Crippen molar-refractivity contribution in [1.29, 1.82) is 0 Å². The highest BCUT2D eigenvalue weighted by Gasteiger charge is 2.20. The molecule has 2 N–H and O–H groups in total. The summed E-state index contributed by atoms with van der Waals surface area (Å²) >= 11 is 13.0. The molecule has 0 aliphatic carbocycles. The molecule has 41 heavy (non-hydrogen) atoms. The first-order chi connectivity index (χ1) is 19.5. The van der Waals surface area contributed by atoms with Gasteiger partial charge in [-0.1, -0.05) is 29.3 Å². The van der Waals surface area contributed by atoms with Crippen molar-refractivity contribution in [3.05, 3.63) is 86.5 Å². The number of carbonyl (C=O) groups excluding carboxylic acids is 3. The van der Waals surface area contributed by atoms with Crippen molar-refractivity contribution < 1.29 is 23.5 Å².